The van der Waals surface area contributed by atoms with Crippen LogP contribution in [0.15, 0.2) is 0 Å². The molecule has 0 saturated carbocycles. The van der Waals surface area contributed by atoms with Gasteiger partial charge in [0.15, 0.2) is 0 Å². The minimum absolute atomic E-state index is 0.0461. The van der Waals surface area contributed by atoms with Crippen LogP contribution in [0.3, 0.4) is 0 Å². The van der Waals surface area contributed by atoms with Crippen molar-refractivity contribution in [2.45, 2.75) is 64.2 Å². The van der Waals surface area contributed by atoms with E-state index in [1.165, 1.54) is 6.92 Å². The lowest BCUT2D eigenvalue weighted by Gasteiger charge is -2.24. The van der Waals surface area contributed by atoms with Crippen molar-refractivity contribution in [1.29, 1.82) is 0 Å². The number of nitrogens with one attached hydrogen (secondary N) is 3. The second-order valence-corrected chi connectivity index (χ2v) is 7.08. The molecule has 29 heavy (non-hydrogen) atoms. The summed E-state index contributed by atoms with van der Waals surface area (Å²) in [6.45, 7) is 5.00. The Balaban J connectivity index is 4.85. The summed E-state index contributed by atoms with van der Waals surface area (Å²) >= 11 is 4.03. The van der Waals surface area contributed by atoms with Gasteiger partial charge >= 0.3 is 11.9 Å². The topological polar surface area (TPSA) is 188 Å². The molecule has 0 spiro atoms. The van der Waals surface area contributed by atoms with Crippen molar-refractivity contribution in [2.75, 3.05) is 5.75 Å². The van der Waals surface area contributed by atoms with E-state index in [0.29, 0.717) is 6.42 Å². The molecule has 0 bridgehead atoms. The Bertz CT molecular complexity index is 617. The Kier molecular flexibility index (Phi) is 11.9. The average molecular weight is 435 g/mol. The Morgan fingerprint density at radius 1 is 0.931 bits per heavy atom. The average Bonchev–Trinajstić information content (AvgIpc) is 2.66. The zero-order valence-corrected chi connectivity index (χ0v) is 17.6. The number of thiol groups is 1. The summed E-state index contributed by atoms with van der Waals surface area (Å²) in [4.78, 5) is 58.3. The Morgan fingerprint density at radius 2 is 1.48 bits per heavy atom. The van der Waals surface area contributed by atoms with E-state index in [1.807, 2.05) is 6.92 Å². The highest BCUT2D eigenvalue weighted by molar-refractivity contribution is 7.80. The van der Waals surface area contributed by atoms with Gasteiger partial charge in [-0.05, 0) is 19.3 Å². The monoisotopic (exact) mass is 434 g/mol. The molecular weight excluding hydrogens is 404 g/mol. The van der Waals surface area contributed by atoms with Gasteiger partial charge in [0.05, 0.1) is 6.04 Å². The molecule has 0 fully saturated rings. The van der Waals surface area contributed by atoms with E-state index < -0.39 is 60.2 Å². The predicted molar refractivity (Wildman–Crippen MR) is 107 cm³/mol. The van der Waals surface area contributed by atoms with E-state index >= 15 is 0 Å². The first-order valence-corrected chi connectivity index (χ1v) is 9.79. The number of carbonyl (C=O) groups excluding carboxylic acids is 3. The summed E-state index contributed by atoms with van der Waals surface area (Å²) < 4.78 is 0. The molecule has 0 radical (unpaired) electrons. The van der Waals surface area contributed by atoms with Crippen LogP contribution in [-0.4, -0.2) is 69.8 Å². The minimum Gasteiger partial charge on any atom is -0.481 e. The third-order valence-electron chi connectivity index (χ3n) is 4.39. The van der Waals surface area contributed by atoms with Crippen molar-refractivity contribution in [3.8, 4) is 0 Å². The van der Waals surface area contributed by atoms with E-state index in [0.717, 1.165) is 0 Å². The number of amides is 3. The minimum atomic E-state index is -1.41. The van der Waals surface area contributed by atoms with Gasteiger partial charge in [-0.25, -0.2) is 4.79 Å². The Morgan fingerprint density at radius 3 is 1.93 bits per heavy atom. The second kappa shape index (κ2) is 13.0. The number of rotatable bonds is 13. The van der Waals surface area contributed by atoms with Crippen molar-refractivity contribution in [2.24, 2.45) is 11.7 Å². The van der Waals surface area contributed by atoms with Gasteiger partial charge in [0.1, 0.15) is 18.1 Å². The zero-order valence-electron chi connectivity index (χ0n) is 16.7. The maximum atomic E-state index is 12.3. The molecule has 12 heteroatoms. The quantitative estimate of drug-likeness (QED) is 0.174. The van der Waals surface area contributed by atoms with Gasteiger partial charge in [0.2, 0.25) is 17.7 Å². The van der Waals surface area contributed by atoms with Crippen molar-refractivity contribution in [1.82, 2.24) is 16.0 Å². The molecular formula is C17H30N4O7S. The van der Waals surface area contributed by atoms with Gasteiger partial charge in [0.25, 0.3) is 0 Å². The maximum absolute atomic E-state index is 12.3. The summed E-state index contributed by atoms with van der Waals surface area (Å²) in [7, 11) is 0. The molecule has 5 atom stereocenters. The molecule has 0 rings (SSSR count). The smallest absolute Gasteiger partial charge is 0.326 e. The number of nitrogens with two attached hydrogens (primary N) is 1. The third kappa shape index (κ3) is 9.61. The summed E-state index contributed by atoms with van der Waals surface area (Å²) in [5.41, 5.74) is 5.83. The highest BCUT2D eigenvalue weighted by Crippen LogP contribution is 2.06. The summed E-state index contributed by atoms with van der Waals surface area (Å²) in [6, 6.07) is -4.39. The van der Waals surface area contributed by atoms with Crippen LogP contribution < -0.4 is 21.7 Å². The van der Waals surface area contributed by atoms with Crippen molar-refractivity contribution in [3.05, 3.63) is 0 Å². The molecule has 0 aliphatic carbocycles. The van der Waals surface area contributed by atoms with Crippen LogP contribution in [0.25, 0.3) is 0 Å². The highest BCUT2D eigenvalue weighted by Gasteiger charge is 2.28. The zero-order chi connectivity index (χ0) is 22.7. The Hall–Kier alpha value is -2.34. The molecule has 5 unspecified atom stereocenters. The fourth-order valence-corrected chi connectivity index (χ4v) is 2.43. The molecule has 0 aliphatic rings. The van der Waals surface area contributed by atoms with E-state index in [1.54, 1.807) is 6.92 Å². The lowest BCUT2D eigenvalue weighted by atomic mass is 9.99. The van der Waals surface area contributed by atoms with Gasteiger partial charge < -0.3 is 31.9 Å². The lowest BCUT2D eigenvalue weighted by molar-refractivity contribution is -0.143. The fourth-order valence-electron chi connectivity index (χ4n) is 2.18. The predicted octanol–water partition coefficient (Wildman–Crippen LogP) is -1.29. The van der Waals surface area contributed by atoms with Crippen LogP contribution in [-0.2, 0) is 24.0 Å². The highest BCUT2D eigenvalue weighted by atomic mass is 32.1. The Labute approximate surface area is 174 Å². The van der Waals surface area contributed by atoms with E-state index in [9.17, 15) is 24.0 Å². The largest absolute Gasteiger partial charge is 0.481 e. The summed E-state index contributed by atoms with van der Waals surface area (Å²) in [5, 5.41) is 24.7. The molecule has 0 saturated heterocycles. The molecule has 0 aromatic rings. The first kappa shape index (κ1) is 26.7. The number of aliphatic carboxylic acids is 2. The van der Waals surface area contributed by atoms with E-state index in [4.69, 9.17) is 15.9 Å². The molecule has 3 amide bonds. The SMILES string of the molecule is CCC(C)C(N)C(=O)NC(CS)C(=O)NC(C)C(=O)NC(CCC(=O)O)C(=O)O. The first-order valence-electron chi connectivity index (χ1n) is 9.16. The molecule has 0 aromatic heterocycles. The molecule has 0 aromatic carbocycles. The van der Waals surface area contributed by atoms with Gasteiger partial charge in [-0.3, -0.25) is 19.2 Å². The lowest BCUT2D eigenvalue weighted by Crippen LogP contribution is -2.57. The number of hydrogen-bond acceptors (Lipinski definition) is 7. The summed E-state index contributed by atoms with van der Waals surface area (Å²) in [5.74, 6) is -4.75. The fraction of sp³-hybridized carbons (Fsp3) is 0.706. The number of hydrogen-bond donors (Lipinski definition) is 7. The van der Waals surface area contributed by atoms with Crippen LogP contribution in [0.1, 0.15) is 40.0 Å². The van der Waals surface area contributed by atoms with Crippen molar-refractivity contribution >= 4 is 42.3 Å². The van der Waals surface area contributed by atoms with E-state index in [-0.39, 0.29) is 18.1 Å². The molecule has 0 heterocycles. The normalized spacial score (nSPS) is 15.9. The van der Waals surface area contributed by atoms with Crippen LogP contribution in [0.5, 0.6) is 0 Å². The van der Waals surface area contributed by atoms with Crippen molar-refractivity contribution < 1.29 is 34.2 Å². The van der Waals surface area contributed by atoms with Crippen LogP contribution in [0.2, 0.25) is 0 Å². The number of carboxylic acids is 2. The van der Waals surface area contributed by atoms with Gasteiger partial charge in [-0.15, -0.1) is 0 Å². The number of carbonyl (C=O) groups is 5. The molecule has 166 valence electrons. The van der Waals surface area contributed by atoms with Crippen LogP contribution in [0, 0.1) is 5.92 Å². The van der Waals surface area contributed by atoms with Crippen molar-refractivity contribution in [3.63, 3.8) is 0 Å². The molecule has 0 aliphatic heterocycles. The van der Waals surface area contributed by atoms with Gasteiger partial charge in [0, 0.05) is 12.2 Å². The van der Waals surface area contributed by atoms with Gasteiger partial charge in [-0.2, -0.15) is 12.6 Å². The van der Waals surface area contributed by atoms with E-state index in [2.05, 4.69) is 28.6 Å². The van der Waals surface area contributed by atoms with Crippen LogP contribution in [0.4, 0.5) is 0 Å². The maximum Gasteiger partial charge on any atom is 0.326 e. The second-order valence-electron chi connectivity index (χ2n) is 6.72. The standard InChI is InChI=1S/C17H30N4O7S/c1-4-8(2)13(18)16(26)21-11(7-29)15(25)19-9(3)14(24)20-10(17(27)28)5-6-12(22)23/h8-11,13,29H,4-7,18H2,1-3H3,(H,19,25)(H,20,24)(H,21,26)(H,22,23)(H,27,28). The third-order valence-corrected chi connectivity index (χ3v) is 4.75. The molecule has 11 nitrogen and oxygen atoms in total. The number of carboxylic acid groups (broad SMARTS) is 2. The van der Waals surface area contributed by atoms with Gasteiger partial charge in [-0.1, -0.05) is 20.3 Å². The van der Waals surface area contributed by atoms with Crippen LogP contribution >= 0.6 is 12.6 Å². The molecule has 7 N–H and O–H groups in total. The first-order chi connectivity index (χ1) is 13.4. The summed E-state index contributed by atoms with van der Waals surface area (Å²) in [6.07, 6.45) is -0.0712.